The molecule has 0 saturated carbocycles. The molecule has 1 rings (SSSR count). The van der Waals surface area contributed by atoms with Crippen molar-refractivity contribution in [1.29, 1.82) is 0 Å². The molecule has 3 N–H and O–H groups in total. The highest BCUT2D eigenvalue weighted by Crippen LogP contribution is 2.20. The lowest BCUT2D eigenvalue weighted by Gasteiger charge is -2.32. The van der Waals surface area contributed by atoms with E-state index in [-0.39, 0.29) is 11.3 Å². The zero-order valence-electron chi connectivity index (χ0n) is 10.8. The molecule has 0 bridgehead atoms. The van der Waals surface area contributed by atoms with Gasteiger partial charge in [0.05, 0.1) is 0 Å². The predicted octanol–water partition coefficient (Wildman–Crippen LogP) is 0.572. The molecular formula is C12H25N3O. The summed E-state index contributed by atoms with van der Waals surface area (Å²) < 4.78 is 0. The van der Waals surface area contributed by atoms with Crippen molar-refractivity contribution in [2.45, 2.75) is 39.2 Å². The lowest BCUT2D eigenvalue weighted by atomic mass is 9.87. The molecule has 1 aliphatic rings. The normalized spacial score (nSPS) is 19.8. The average Bonchev–Trinajstić information content (AvgIpc) is 2.21. The van der Waals surface area contributed by atoms with E-state index in [1.165, 1.54) is 0 Å². The molecule has 1 fully saturated rings. The number of hydrogen-bond acceptors (Lipinski definition) is 3. The van der Waals surface area contributed by atoms with Crippen molar-refractivity contribution in [3.8, 4) is 0 Å². The Morgan fingerprint density at radius 1 is 1.44 bits per heavy atom. The van der Waals surface area contributed by atoms with E-state index in [2.05, 4.69) is 17.3 Å². The van der Waals surface area contributed by atoms with Crippen molar-refractivity contribution in [3.05, 3.63) is 0 Å². The minimum Gasteiger partial charge on any atom is -0.353 e. The predicted molar refractivity (Wildman–Crippen MR) is 66.1 cm³/mol. The van der Waals surface area contributed by atoms with E-state index in [4.69, 9.17) is 5.73 Å². The van der Waals surface area contributed by atoms with E-state index in [1.54, 1.807) is 0 Å². The SMILES string of the molecule is CN1CCC(NC(=O)C(C)(C)CCN)CC1. The van der Waals surface area contributed by atoms with Gasteiger partial charge in [-0.15, -0.1) is 0 Å². The zero-order chi connectivity index (χ0) is 12.2. The van der Waals surface area contributed by atoms with Crippen molar-refractivity contribution in [3.63, 3.8) is 0 Å². The number of rotatable bonds is 4. The third kappa shape index (κ3) is 3.76. The topological polar surface area (TPSA) is 58.4 Å². The Morgan fingerprint density at radius 3 is 2.50 bits per heavy atom. The number of nitrogens with one attached hydrogen (secondary N) is 1. The van der Waals surface area contributed by atoms with Gasteiger partial charge in [-0.2, -0.15) is 0 Å². The molecular weight excluding hydrogens is 202 g/mol. The van der Waals surface area contributed by atoms with Crippen LogP contribution in [0.2, 0.25) is 0 Å². The zero-order valence-corrected chi connectivity index (χ0v) is 10.8. The number of likely N-dealkylation sites (tertiary alicyclic amines) is 1. The van der Waals surface area contributed by atoms with Crippen molar-refractivity contribution >= 4 is 5.91 Å². The Morgan fingerprint density at radius 2 is 2.00 bits per heavy atom. The molecule has 1 heterocycles. The smallest absolute Gasteiger partial charge is 0.225 e. The van der Waals surface area contributed by atoms with Crippen molar-refractivity contribution in [1.82, 2.24) is 10.2 Å². The molecule has 0 unspecified atom stereocenters. The second kappa shape index (κ2) is 5.64. The van der Waals surface area contributed by atoms with Crippen LogP contribution in [0.5, 0.6) is 0 Å². The number of nitrogens with zero attached hydrogens (tertiary/aromatic N) is 1. The maximum absolute atomic E-state index is 12.0. The summed E-state index contributed by atoms with van der Waals surface area (Å²) in [4.78, 5) is 14.3. The number of nitrogens with two attached hydrogens (primary N) is 1. The fourth-order valence-corrected chi connectivity index (χ4v) is 2.01. The molecule has 0 spiro atoms. The first-order valence-corrected chi connectivity index (χ1v) is 6.15. The quantitative estimate of drug-likeness (QED) is 0.738. The van der Waals surface area contributed by atoms with Gasteiger partial charge in [0, 0.05) is 11.5 Å². The third-order valence-corrected chi connectivity index (χ3v) is 3.44. The van der Waals surface area contributed by atoms with Crippen molar-refractivity contribution < 1.29 is 4.79 Å². The molecule has 1 aliphatic heterocycles. The van der Waals surface area contributed by atoms with Crippen LogP contribution in [0.1, 0.15) is 33.1 Å². The van der Waals surface area contributed by atoms with Crippen LogP contribution in [0, 0.1) is 5.41 Å². The van der Waals surface area contributed by atoms with Crippen LogP contribution in [0.15, 0.2) is 0 Å². The van der Waals surface area contributed by atoms with Gasteiger partial charge >= 0.3 is 0 Å². The van der Waals surface area contributed by atoms with Crippen LogP contribution >= 0.6 is 0 Å². The van der Waals surface area contributed by atoms with Crippen LogP contribution in [0.25, 0.3) is 0 Å². The van der Waals surface area contributed by atoms with Crippen LogP contribution in [-0.4, -0.2) is 43.5 Å². The summed E-state index contributed by atoms with van der Waals surface area (Å²) in [6, 6.07) is 0.348. The maximum Gasteiger partial charge on any atom is 0.225 e. The highest BCUT2D eigenvalue weighted by molar-refractivity contribution is 5.82. The van der Waals surface area contributed by atoms with Gasteiger partial charge in [0.1, 0.15) is 0 Å². The number of hydrogen-bond donors (Lipinski definition) is 2. The van der Waals surface area contributed by atoms with Crippen LogP contribution in [0.4, 0.5) is 0 Å². The maximum atomic E-state index is 12.0. The third-order valence-electron chi connectivity index (χ3n) is 3.44. The molecule has 0 aromatic carbocycles. The monoisotopic (exact) mass is 227 g/mol. The highest BCUT2D eigenvalue weighted by atomic mass is 16.2. The standard InChI is InChI=1S/C12H25N3O/c1-12(2,6-7-13)11(16)14-10-4-8-15(3)9-5-10/h10H,4-9,13H2,1-3H3,(H,14,16). The first-order chi connectivity index (χ1) is 7.45. The Labute approximate surface area is 98.6 Å². The molecule has 0 aromatic rings. The number of amides is 1. The summed E-state index contributed by atoms with van der Waals surface area (Å²) in [6.45, 7) is 6.63. The fourth-order valence-electron chi connectivity index (χ4n) is 2.01. The van der Waals surface area contributed by atoms with Crippen molar-refractivity contribution in [2.75, 3.05) is 26.7 Å². The van der Waals surface area contributed by atoms with Crippen LogP contribution < -0.4 is 11.1 Å². The van der Waals surface area contributed by atoms with Crippen LogP contribution in [-0.2, 0) is 4.79 Å². The molecule has 0 atom stereocenters. The van der Waals surface area contributed by atoms with E-state index in [1.807, 2.05) is 13.8 Å². The van der Waals surface area contributed by atoms with Gasteiger partial charge in [-0.25, -0.2) is 0 Å². The molecule has 0 aliphatic carbocycles. The first kappa shape index (κ1) is 13.5. The van der Waals surface area contributed by atoms with E-state index in [9.17, 15) is 4.79 Å². The van der Waals surface area contributed by atoms with E-state index < -0.39 is 0 Å². The van der Waals surface area contributed by atoms with Crippen molar-refractivity contribution in [2.24, 2.45) is 11.1 Å². The summed E-state index contributed by atoms with van der Waals surface area (Å²) in [5.41, 5.74) is 5.18. The second-order valence-electron chi connectivity index (χ2n) is 5.47. The van der Waals surface area contributed by atoms with E-state index in [0.29, 0.717) is 12.6 Å². The summed E-state index contributed by atoms with van der Waals surface area (Å²) >= 11 is 0. The van der Waals surface area contributed by atoms with Gasteiger partial charge in [0.2, 0.25) is 5.91 Å². The molecule has 1 saturated heterocycles. The van der Waals surface area contributed by atoms with Gasteiger partial charge in [0.25, 0.3) is 0 Å². The summed E-state index contributed by atoms with van der Waals surface area (Å²) in [5, 5.41) is 3.14. The average molecular weight is 227 g/mol. The Kier molecular flexibility index (Phi) is 4.74. The summed E-state index contributed by atoms with van der Waals surface area (Å²) in [6.07, 6.45) is 2.85. The Bertz CT molecular complexity index is 232. The summed E-state index contributed by atoms with van der Waals surface area (Å²) in [5.74, 6) is 0.146. The Hall–Kier alpha value is -0.610. The minimum absolute atomic E-state index is 0.146. The number of piperidine rings is 1. The number of carbonyl (C=O) groups excluding carboxylic acids is 1. The molecule has 4 nitrogen and oxygen atoms in total. The molecule has 4 heteroatoms. The lowest BCUT2D eigenvalue weighted by molar-refractivity contribution is -0.130. The molecule has 1 amide bonds. The minimum atomic E-state index is -0.335. The number of carbonyl (C=O) groups is 1. The second-order valence-corrected chi connectivity index (χ2v) is 5.47. The molecule has 16 heavy (non-hydrogen) atoms. The van der Waals surface area contributed by atoms with E-state index in [0.717, 1.165) is 32.4 Å². The molecule has 0 aromatic heterocycles. The summed E-state index contributed by atoms with van der Waals surface area (Å²) in [7, 11) is 2.12. The Balaban J connectivity index is 2.39. The molecule has 94 valence electrons. The highest BCUT2D eigenvalue weighted by Gasteiger charge is 2.29. The largest absolute Gasteiger partial charge is 0.353 e. The van der Waals surface area contributed by atoms with Gasteiger partial charge in [-0.3, -0.25) is 4.79 Å². The first-order valence-electron chi connectivity index (χ1n) is 6.15. The van der Waals surface area contributed by atoms with Gasteiger partial charge in [-0.1, -0.05) is 13.8 Å². The van der Waals surface area contributed by atoms with Gasteiger partial charge < -0.3 is 16.0 Å². The lowest BCUT2D eigenvalue weighted by Crippen LogP contribution is -2.48. The van der Waals surface area contributed by atoms with E-state index >= 15 is 0 Å². The fraction of sp³-hybridized carbons (Fsp3) is 0.917. The van der Waals surface area contributed by atoms with Gasteiger partial charge in [0.15, 0.2) is 0 Å². The van der Waals surface area contributed by atoms with Gasteiger partial charge in [-0.05, 0) is 45.9 Å². The van der Waals surface area contributed by atoms with Crippen LogP contribution in [0.3, 0.4) is 0 Å². The molecule has 0 radical (unpaired) electrons.